The molecule has 2 fully saturated rings. The highest BCUT2D eigenvalue weighted by Gasteiger charge is 2.66. The molecule has 0 spiro atoms. The summed E-state index contributed by atoms with van der Waals surface area (Å²) in [5.74, 6) is 0. The molecule has 48 heavy (non-hydrogen) atoms. The molecule has 11 nitrogen and oxygen atoms in total. The second kappa shape index (κ2) is 13.1. The lowest BCUT2D eigenvalue weighted by Gasteiger charge is -2.35. The molecule has 1 N–H and O–H groups in total. The Balaban J connectivity index is 1.29. The lowest BCUT2D eigenvalue weighted by molar-refractivity contribution is -0.105. The molecule has 1 aromatic carbocycles. The van der Waals surface area contributed by atoms with Gasteiger partial charge in [-0.2, -0.15) is 4.98 Å². The van der Waals surface area contributed by atoms with Crippen LogP contribution in [0.15, 0.2) is 53.0 Å². The highest BCUT2D eigenvalue weighted by molar-refractivity contribution is 7.92. The van der Waals surface area contributed by atoms with Crippen LogP contribution in [0.2, 0.25) is 30.7 Å². The van der Waals surface area contributed by atoms with E-state index in [1.807, 2.05) is 54.8 Å². The molecule has 0 amide bonds. The first-order valence-electron chi connectivity index (χ1n) is 16.0. The van der Waals surface area contributed by atoms with Gasteiger partial charge in [-0.15, -0.1) is 0 Å². The molecule has 0 unspecified atom stereocenters. The molecule has 5 heterocycles. The van der Waals surface area contributed by atoms with E-state index in [2.05, 4.69) is 29.0 Å². The van der Waals surface area contributed by atoms with Crippen molar-refractivity contribution < 1.29 is 28.3 Å². The van der Waals surface area contributed by atoms with Crippen molar-refractivity contribution in [1.29, 1.82) is 0 Å². The van der Waals surface area contributed by atoms with Gasteiger partial charge in [0.15, 0.2) is 11.8 Å². The molecule has 2 aliphatic rings. The number of nitrogens with zero attached hydrogens (tertiary/aromatic N) is 5. The number of imidazole rings is 1. The molecule has 4 atom stereocenters. The van der Waals surface area contributed by atoms with E-state index >= 15 is 0 Å². The summed E-state index contributed by atoms with van der Waals surface area (Å²) in [5.41, 5.74) is 3.52. The molecular formula is C34H44ClN5O6SSi. The Kier molecular flexibility index (Phi) is 9.52. The Morgan fingerprint density at radius 1 is 1.04 bits per heavy atom. The van der Waals surface area contributed by atoms with E-state index in [1.54, 1.807) is 24.8 Å². The van der Waals surface area contributed by atoms with Crippen LogP contribution in [0.5, 0.6) is 6.01 Å². The first-order chi connectivity index (χ1) is 22.6. The fourth-order valence-corrected chi connectivity index (χ4v) is 7.35. The highest BCUT2D eigenvalue weighted by Crippen LogP contribution is 2.47. The zero-order chi connectivity index (χ0) is 34.5. The van der Waals surface area contributed by atoms with Gasteiger partial charge >= 0.3 is 6.01 Å². The second-order valence-corrected chi connectivity index (χ2v) is 23.0. The van der Waals surface area contributed by atoms with Crippen molar-refractivity contribution >= 4 is 40.6 Å². The number of benzene rings is 1. The number of hydrogen-bond donors (Lipinski definition) is 1. The number of aromatic nitrogens is 4. The van der Waals surface area contributed by atoms with Crippen molar-refractivity contribution in [2.45, 2.75) is 76.2 Å². The molecule has 6 rings (SSSR count). The Morgan fingerprint density at radius 3 is 2.40 bits per heavy atom. The van der Waals surface area contributed by atoms with Gasteiger partial charge in [-0.1, -0.05) is 61.6 Å². The van der Waals surface area contributed by atoms with Gasteiger partial charge in [0.25, 0.3) is 0 Å². The summed E-state index contributed by atoms with van der Waals surface area (Å²) in [7, 11) is -3.49. The van der Waals surface area contributed by atoms with E-state index in [1.165, 1.54) is 0 Å². The zero-order valence-corrected chi connectivity index (χ0v) is 31.1. The van der Waals surface area contributed by atoms with Crippen LogP contribution in [0.1, 0.15) is 19.5 Å². The maximum absolute atomic E-state index is 11.9. The summed E-state index contributed by atoms with van der Waals surface area (Å²) < 4.78 is 42.7. The summed E-state index contributed by atoms with van der Waals surface area (Å²) in [6.07, 6.45) is 3.75. The van der Waals surface area contributed by atoms with Gasteiger partial charge in [0, 0.05) is 54.2 Å². The van der Waals surface area contributed by atoms with Crippen LogP contribution >= 0.6 is 11.6 Å². The van der Waals surface area contributed by atoms with Crippen LogP contribution in [-0.2, 0) is 37.2 Å². The third-order valence-corrected chi connectivity index (χ3v) is 12.0. The summed E-state index contributed by atoms with van der Waals surface area (Å²) >= 11 is 6.83. The molecule has 2 saturated heterocycles. The van der Waals surface area contributed by atoms with Crippen LogP contribution in [0, 0.1) is 0 Å². The highest BCUT2D eigenvalue weighted by atomic mass is 35.5. The van der Waals surface area contributed by atoms with Crippen LogP contribution < -0.4 is 4.74 Å². The van der Waals surface area contributed by atoms with Crippen LogP contribution in [0.4, 0.5) is 0 Å². The summed E-state index contributed by atoms with van der Waals surface area (Å²) in [5, 5.41) is 11.1. The number of fused-ring (bicyclic) bond motifs is 2. The van der Waals surface area contributed by atoms with E-state index < -0.39 is 41.2 Å². The van der Waals surface area contributed by atoms with Crippen LogP contribution in [0.25, 0.3) is 33.5 Å². The molecule has 3 aromatic heterocycles. The monoisotopic (exact) mass is 713 g/mol. The number of halogens is 1. The first kappa shape index (κ1) is 34.9. The Bertz CT molecular complexity index is 1920. The lowest BCUT2D eigenvalue weighted by atomic mass is 9.82. The minimum absolute atomic E-state index is 0.169. The molecule has 0 saturated carbocycles. The van der Waals surface area contributed by atoms with Crippen molar-refractivity contribution in [1.82, 2.24) is 19.5 Å². The van der Waals surface area contributed by atoms with Crippen molar-refractivity contribution in [3.05, 3.63) is 59.4 Å². The predicted octanol–water partition coefficient (Wildman–Crippen LogP) is 6.04. The predicted molar refractivity (Wildman–Crippen MR) is 191 cm³/mol. The normalized spacial score (nSPS) is 24.3. The van der Waals surface area contributed by atoms with E-state index in [0.29, 0.717) is 41.0 Å². The van der Waals surface area contributed by atoms with Gasteiger partial charge in [-0.25, -0.2) is 9.35 Å². The summed E-state index contributed by atoms with van der Waals surface area (Å²) in [6.45, 7) is 12.2. The maximum atomic E-state index is 11.9. The number of pyridine rings is 2. The third kappa shape index (κ3) is 7.04. The molecule has 2 aliphatic heterocycles. The fourth-order valence-electron chi connectivity index (χ4n) is 5.90. The lowest BCUT2D eigenvalue weighted by Crippen LogP contribution is -2.54. The summed E-state index contributed by atoms with van der Waals surface area (Å²) in [4.78, 5) is 14.3. The van der Waals surface area contributed by atoms with E-state index in [9.17, 15) is 9.32 Å². The number of hydrogen-bond acceptors (Lipinski definition) is 10. The average Bonchev–Trinajstić information content (AvgIpc) is 3.58. The molecule has 0 bridgehead atoms. The largest absolute Gasteiger partial charge is 0.456 e. The van der Waals surface area contributed by atoms with Gasteiger partial charge in [0.1, 0.15) is 29.6 Å². The quantitative estimate of drug-likeness (QED) is 0.146. The maximum Gasteiger partial charge on any atom is 0.301 e. The fraction of sp³-hybridized carbons (Fsp3) is 0.500. The van der Waals surface area contributed by atoms with Gasteiger partial charge < -0.3 is 24.1 Å². The van der Waals surface area contributed by atoms with E-state index in [-0.39, 0.29) is 19.9 Å². The Hall–Kier alpha value is -2.91. The molecule has 258 valence electrons. The average molecular weight is 714 g/mol. The van der Waals surface area contributed by atoms with E-state index in [0.717, 1.165) is 28.4 Å². The topological polar surface area (TPSA) is 130 Å². The Labute approximate surface area is 288 Å². The van der Waals surface area contributed by atoms with Crippen LogP contribution in [0.3, 0.4) is 0 Å². The van der Waals surface area contributed by atoms with Crippen molar-refractivity contribution in [2.24, 2.45) is 4.36 Å². The molecule has 0 aliphatic carbocycles. The molecule has 14 heteroatoms. The summed E-state index contributed by atoms with van der Waals surface area (Å²) in [6, 6.07) is 15.0. The van der Waals surface area contributed by atoms with Crippen molar-refractivity contribution in [3.8, 4) is 28.4 Å². The third-order valence-electron chi connectivity index (χ3n) is 9.27. The molecule has 4 aromatic rings. The SMILES string of the molecule is C[C@]12OC[C@@H](Oc3nc4cc(Cl)c(-c5ccc(-c6ccc(CN=S(C)(C)=O)nc6)cc5)nc4n3COCC[Si](C)(C)C)[C@@]1(C)OC[C@H]2O. The van der Waals surface area contributed by atoms with Gasteiger partial charge in [-0.05, 0) is 37.6 Å². The number of rotatable bonds is 11. The number of aliphatic hydroxyl groups excluding tert-OH is 1. The molecular weight excluding hydrogens is 670 g/mol. The Morgan fingerprint density at radius 2 is 1.73 bits per heavy atom. The number of ether oxygens (including phenoxy) is 4. The smallest absolute Gasteiger partial charge is 0.301 e. The van der Waals surface area contributed by atoms with Crippen molar-refractivity contribution in [3.63, 3.8) is 0 Å². The van der Waals surface area contributed by atoms with Gasteiger partial charge in [-0.3, -0.25) is 13.8 Å². The minimum Gasteiger partial charge on any atom is -0.456 e. The minimum atomic E-state index is -2.18. The zero-order valence-electron chi connectivity index (χ0n) is 28.5. The van der Waals surface area contributed by atoms with E-state index in [4.69, 9.17) is 40.5 Å². The number of aliphatic hydroxyl groups is 1. The first-order valence-corrected chi connectivity index (χ1v) is 22.4. The second-order valence-electron chi connectivity index (χ2n) is 14.4. The van der Waals surface area contributed by atoms with Gasteiger partial charge in [0.2, 0.25) is 0 Å². The molecule has 0 radical (unpaired) electrons. The van der Waals surface area contributed by atoms with Crippen LogP contribution in [-0.4, -0.2) is 92.7 Å². The van der Waals surface area contributed by atoms with Gasteiger partial charge in [0.05, 0.1) is 36.2 Å². The van der Waals surface area contributed by atoms with Crippen molar-refractivity contribution in [2.75, 3.05) is 32.3 Å². The standard InChI is InChI=1S/C34H44ClN5O6SSi/c1-33-28(41)19-44-34(33,2)29(20-45-33)46-32-38-27-16-26(35)30(39-31(27)40(32)21-43-14-15-48(5,6)7)23-10-8-22(9-11-23)24-12-13-25(36-17-24)18-37-47(3,4)42/h8-13,16-17,28-29,41H,14-15,18-21H2,1-7H3/t28-,29-,33-,34-/m1/s1.